The third kappa shape index (κ3) is 4.06. The van der Waals surface area contributed by atoms with Gasteiger partial charge in [0.25, 0.3) is 5.91 Å². The van der Waals surface area contributed by atoms with E-state index < -0.39 is 0 Å². The number of nitrogens with one attached hydrogen (secondary N) is 2. The first kappa shape index (κ1) is 15.5. The van der Waals surface area contributed by atoms with Crippen molar-refractivity contribution < 1.29 is 9.18 Å². The SMILES string of the molecule is O=C(NC1CCCC1)c1cc(NCc2ccccc2F)ccn1. The van der Waals surface area contributed by atoms with Crippen LogP contribution in [0.2, 0.25) is 0 Å². The third-order valence-corrected chi connectivity index (χ3v) is 4.12. The van der Waals surface area contributed by atoms with Crippen LogP contribution in [-0.4, -0.2) is 16.9 Å². The van der Waals surface area contributed by atoms with Gasteiger partial charge in [0.2, 0.25) is 0 Å². The van der Waals surface area contributed by atoms with Crippen LogP contribution < -0.4 is 10.6 Å². The van der Waals surface area contributed by atoms with Gasteiger partial charge in [0, 0.05) is 30.0 Å². The van der Waals surface area contributed by atoms with E-state index in [9.17, 15) is 9.18 Å². The second-order valence-electron chi connectivity index (χ2n) is 5.83. The van der Waals surface area contributed by atoms with E-state index in [4.69, 9.17) is 0 Å². The minimum atomic E-state index is -0.242. The molecule has 0 aliphatic heterocycles. The van der Waals surface area contributed by atoms with Gasteiger partial charge in [0.1, 0.15) is 11.5 Å². The van der Waals surface area contributed by atoms with Crippen molar-refractivity contribution >= 4 is 11.6 Å². The highest BCUT2D eigenvalue weighted by Gasteiger charge is 2.18. The van der Waals surface area contributed by atoms with Gasteiger partial charge in [0.05, 0.1) is 0 Å². The zero-order chi connectivity index (χ0) is 16.1. The normalized spacial score (nSPS) is 14.7. The van der Waals surface area contributed by atoms with Crippen molar-refractivity contribution in [1.29, 1.82) is 0 Å². The molecule has 1 aliphatic carbocycles. The van der Waals surface area contributed by atoms with Gasteiger partial charge in [-0.05, 0) is 31.0 Å². The average Bonchev–Trinajstić information content (AvgIpc) is 3.07. The largest absolute Gasteiger partial charge is 0.381 e. The molecule has 23 heavy (non-hydrogen) atoms. The summed E-state index contributed by atoms with van der Waals surface area (Å²) in [6.07, 6.45) is 6.01. The zero-order valence-electron chi connectivity index (χ0n) is 12.9. The molecule has 1 aromatic carbocycles. The van der Waals surface area contributed by atoms with E-state index in [1.54, 1.807) is 36.5 Å². The Labute approximate surface area is 135 Å². The molecule has 0 radical (unpaired) electrons. The van der Waals surface area contributed by atoms with Crippen molar-refractivity contribution in [1.82, 2.24) is 10.3 Å². The lowest BCUT2D eigenvalue weighted by atomic mass is 10.2. The monoisotopic (exact) mass is 313 g/mol. The molecule has 1 aromatic heterocycles. The van der Waals surface area contributed by atoms with Crippen LogP contribution >= 0.6 is 0 Å². The molecule has 0 saturated heterocycles. The minimum Gasteiger partial charge on any atom is -0.381 e. The van der Waals surface area contributed by atoms with Gasteiger partial charge < -0.3 is 10.6 Å². The number of hydrogen-bond acceptors (Lipinski definition) is 3. The second kappa shape index (κ2) is 7.22. The number of carbonyl (C=O) groups excluding carboxylic acids is 1. The van der Waals surface area contributed by atoms with Crippen molar-refractivity contribution in [3.63, 3.8) is 0 Å². The third-order valence-electron chi connectivity index (χ3n) is 4.12. The summed E-state index contributed by atoms with van der Waals surface area (Å²) in [5.74, 6) is -0.389. The number of rotatable bonds is 5. The lowest BCUT2D eigenvalue weighted by Crippen LogP contribution is -2.33. The van der Waals surface area contributed by atoms with Crippen LogP contribution in [0.4, 0.5) is 10.1 Å². The van der Waals surface area contributed by atoms with E-state index in [-0.39, 0.29) is 17.8 Å². The Balaban J connectivity index is 1.62. The fourth-order valence-corrected chi connectivity index (χ4v) is 2.83. The molecule has 120 valence electrons. The van der Waals surface area contributed by atoms with E-state index >= 15 is 0 Å². The van der Waals surface area contributed by atoms with Crippen LogP contribution in [0.25, 0.3) is 0 Å². The molecular formula is C18H20FN3O. The number of amides is 1. The van der Waals surface area contributed by atoms with E-state index in [2.05, 4.69) is 15.6 Å². The van der Waals surface area contributed by atoms with Gasteiger partial charge in [-0.1, -0.05) is 31.0 Å². The summed E-state index contributed by atoms with van der Waals surface area (Å²) in [6, 6.07) is 10.4. The fraction of sp³-hybridized carbons (Fsp3) is 0.333. The minimum absolute atomic E-state index is 0.147. The Bertz CT molecular complexity index is 683. The van der Waals surface area contributed by atoms with Gasteiger partial charge >= 0.3 is 0 Å². The second-order valence-corrected chi connectivity index (χ2v) is 5.83. The summed E-state index contributed by atoms with van der Waals surface area (Å²) in [7, 11) is 0. The van der Waals surface area contributed by atoms with Crippen molar-refractivity contribution in [2.24, 2.45) is 0 Å². The van der Waals surface area contributed by atoms with Crippen LogP contribution in [0.1, 0.15) is 41.7 Å². The molecule has 1 aliphatic rings. The van der Waals surface area contributed by atoms with E-state index in [0.717, 1.165) is 18.5 Å². The Morgan fingerprint density at radius 2 is 2.00 bits per heavy atom. The number of carbonyl (C=O) groups is 1. The first-order chi connectivity index (χ1) is 11.2. The first-order valence-electron chi connectivity index (χ1n) is 7.96. The predicted octanol–water partition coefficient (Wildman–Crippen LogP) is 3.51. The quantitative estimate of drug-likeness (QED) is 0.888. The molecule has 2 aromatic rings. The molecule has 1 saturated carbocycles. The number of anilines is 1. The van der Waals surface area contributed by atoms with Gasteiger partial charge in [-0.3, -0.25) is 9.78 Å². The van der Waals surface area contributed by atoms with Gasteiger partial charge in [0.15, 0.2) is 0 Å². The lowest BCUT2D eigenvalue weighted by molar-refractivity contribution is 0.0933. The van der Waals surface area contributed by atoms with Crippen molar-refractivity contribution in [2.75, 3.05) is 5.32 Å². The molecule has 1 fully saturated rings. The fourth-order valence-electron chi connectivity index (χ4n) is 2.83. The van der Waals surface area contributed by atoms with Crippen LogP contribution in [-0.2, 0) is 6.54 Å². The molecule has 5 heteroatoms. The summed E-state index contributed by atoms with van der Waals surface area (Å²) in [5, 5.41) is 6.15. The number of benzene rings is 1. The smallest absolute Gasteiger partial charge is 0.270 e. The van der Waals surface area contributed by atoms with E-state index in [1.165, 1.54) is 18.9 Å². The highest BCUT2D eigenvalue weighted by Crippen LogP contribution is 2.18. The van der Waals surface area contributed by atoms with Crippen LogP contribution in [0, 0.1) is 5.82 Å². The number of aromatic nitrogens is 1. The summed E-state index contributed by atoms with van der Waals surface area (Å²) < 4.78 is 13.6. The topological polar surface area (TPSA) is 54.0 Å². The van der Waals surface area contributed by atoms with Gasteiger partial charge in [-0.25, -0.2) is 4.39 Å². The van der Waals surface area contributed by atoms with Crippen LogP contribution in [0.5, 0.6) is 0 Å². The average molecular weight is 313 g/mol. The molecule has 0 atom stereocenters. The van der Waals surface area contributed by atoms with Gasteiger partial charge in [-0.15, -0.1) is 0 Å². The maximum Gasteiger partial charge on any atom is 0.270 e. The zero-order valence-corrected chi connectivity index (χ0v) is 12.9. The number of halogens is 1. The van der Waals surface area contributed by atoms with E-state index in [1.807, 2.05) is 0 Å². The number of pyridine rings is 1. The molecular weight excluding hydrogens is 293 g/mol. The van der Waals surface area contributed by atoms with Gasteiger partial charge in [-0.2, -0.15) is 0 Å². The predicted molar refractivity (Wildman–Crippen MR) is 87.7 cm³/mol. The van der Waals surface area contributed by atoms with Crippen LogP contribution in [0.3, 0.4) is 0 Å². The maximum atomic E-state index is 13.6. The molecule has 2 N–H and O–H groups in total. The highest BCUT2D eigenvalue weighted by molar-refractivity contribution is 5.93. The Morgan fingerprint density at radius 1 is 1.22 bits per heavy atom. The number of nitrogens with zero attached hydrogens (tertiary/aromatic N) is 1. The molecule has 1 heterocycles. The summed E-state index contributed by atoms with van der Waals surface area (Å²) in [4.78, 5) is 16.3. The van der Waals surface area contributed by atoms with Crippen molar-refractivity contribution in [3.05, 3.63) is 59.7 Å². The molecule has 0 unspecified atom stereocenters. The first-order valence-corrected chi connectivity index (χ1v) is 7.96. The molecule has 3 rings (SSSR count). The van der Waals surface area contributed by atoms with Crippen molar-refractivity contribution in [3.8, 4) is 0 Å². The van der Waals surface area contributed by atoms with E-state index in [0.29, 0.717) is 17.8 Å². The Kier molecular flexibility index (Phi) is 4.86. The molecule has 0 spiro atoms. The molecule has 0 bridgehead atoms. The summed E-state index contributed by atoms with van der Waals surface area (Å²) in [6.45, 7) is 0.361. The maximum absolute atomic E-state index is 13.6. The lowest BCUT2D eigenvalue weighted by Gasteiger charge is -2.12. The Morgan fingerprint density at radius 3 is 2.78 bits per heavy atom. The van der Waals surface area contributed by atoms with Crippen LogP contribution in [0.15, 0.2) is 42.6 Å². The van der Waals surface area contributed by atoms with Crippen molar-refractivity contribution in [2.45, 2.75) is 38.3 Å². The standard InChI is InChI=1S/C18H20FN3O/c19-16-8-4-1-5-13(16)12-21-15-9-10-20-17(11-15)18(23)22-14-6-2-3-7-14/h1,4-5,8-11,14H,2-3,6-7,12H2,(H,20,21)(H,22,23). The summed E-state index contributed by atoms with van der Waals surface area (Å²) in [5.41, 5.74) is 1.72. The Hall–Kier alpha value is -2.43. The molecule has 4 nitrogen and oxygen atoms in total. The highest BCUT2D eigenvalue weighted by atomic mass is 19.1. The molecule has 1 amide bonds. The summed E-state index contributed by atoms with van der Waals surface area (Å²) >= 11 is 0. The number of hydrogen-bond donors (Lipinski definition) is 2.